The Hall–Kier alpha value is 0.137. The molecule has 0 rings (SSSR count). The summed E-state index contributed by atoms with van der Waals surface area (Å²) in [5.41, 5.74) is 0. The van der Waals surface area contributed by atoms with Gasteiger partial charge in [-0.2, -0.15) is 0 Å². The SMILES string of the molecule is C=COCCC.[LiH]. The molecule has 0 radical (unpaired) electrons. The molecule has 0 heterocycles. The van der Waals surface area contributed by atoms with Crippen molar-refractivity contribution in [3.63, 3.8) is 0 Å². The van der Waals surface area contributed by atoms with E-state index in [2.05, 4.69) is 13.5 Å². The summed E-state index contributed by atoms with van der Waals surface area (Å²) in [6, 6.07) is 0. The molecule has 0 amide bonds. The van der Waals surface area contributed by atoms with E-state index in [9.17, 15) is 0 Å². The van der Waals surface area contributed by atoms with Gasteiger partial charge in [0.05, 0.1) is 12.9 Å². The van der Waals surface area contributed by atoms with Crippen LogP contribution >= 0.6 is 0 Å². The molecular weight excluding hydrogens is 83.0 g/mol. The third-order valence-electron chi connectivity index (χ3n) is 0.440. The van der Waals surface area contributed by atoms with E-state index < -0.39 is 0 Å². The number of rotatable bonds is 3. The fourth-order valence-corrected chi connectivity index (χ4v) is 0.201. The molecule has 0 N–H and O–H groups in total. The van der Waals surface area contributed by atoms with E-state index in [4.69, 9.17) is 4.74 Å². The summed E-state index contributed by atoms with van der Waals surface area (Å²) in [5.74, 6) is 0. The van der Waals surface area contributed by atoms with Crippen molar-refractivity contribution in [2.45, 2.75) is 13.3 Å². The standard InChI is InChI=1S/C5H10O.Li.H/c1-3-5-6-4-2;;/h4H,2-3,5H2,1H3;;. The van der Waals surface area contributed by atoms with Gasteiger partial charge in [-0.15, -0.1) is 0 Å². The number of hydrogen-bond donors (Lipinski definition) is 0. The topological polar surface area (TPSA) is 9.23 Å². The van der Waals surface area contributed by atoms with Gasteiger partial charge in [-0.1, -0.05) is 13.5 Å². The van der Waals surface area contributed by atoms with E-state index in [-0.39, 0.29) is 18.9 Å². The molecule has 0 aliphatic heterocycles. The summed E-state index contributed by atoms with van der Waals surface area (Å²) in [4.78, 5) is 0. The predicted molar refractivity (Wildman–Crippen MR) is 33.6 cm³/mol. The Labute approximate surface area is 56.9 Å². The first kappa shape index (κ1) is 10.2. The van der Waals surface area contributed by atoms with Crippen LogP contribution in [0.3, 0.4) is 0 Å². The van der Waals surface area contributed by atoms with Gasteiger partial charge >= 0.3 is 18.9 Å². The molecule has 0 unspecified atom stereocenters. The second-order valence-electron chi connectivity index (χ2n) is 1.04. The minimum atomic E-state index is 0. The van der Waals surface area contributed by atoms with Gasteiger partial charge in [-0.25, -0.2) is 0 Å². The summed E-state index contributed by atoms with van der Waals surface area (Å²) in [6.07, 6.45) is 2.52. The molecule has 0 fully saturated rings. The van der Waals surface area contributed by atoms with Crippen molar-refractivity contribution in [2.24, 2.45) is 0 Å². The average Bonchev–Trinajstić information content (AvgIpc) is 1.61. The van der Waals surface area contributed by atoms with Gasteiger partial charge in [0.25, 0.3) is 0 Å². The molecule has 7 heavy (non-hydrogen) atoms. The average molecular weight is 94.1 g/mol. The van der Waals surface area contributed by atoms with Crippen LogP contribution in [0.1, 0.15) is 13.3 Å². The second kappa shape index (κ2) is 9.46. The monoisotopic (exact) mass is 94.1 g/mol. The maximum atomic E-state index is 4.75. The van der Waals surface area contributed by atoms with Crippen LogP contribution in [-0.2, 0) is 4.74 Å². The molecule has 0 spiro atoms. The zero-order valence-corrected chi connectivity index (χ0v) is 4.11. The molecule has 0 saturated heterocycles. The first-order valence-electron chi connectivity index (χ1n) is 2.14. The van der Waals surface area contributed by atoms with Crippen molar-refractivity contribution < 1.29 is 4.74 Å². The Morgan fingerprint density at radius 1 is 1.71 bits per heavy atom. The molecule has 0 aromatic heterocycles. The number of ether oxygens (including phenoxy) is 1. The molecule has 0 aliphatic carbocycles. The van der Waals surface area contributed by atoms with E-state index in [0.29, 0.717) is 0 Å². The molecule has 0 aromatic rings. The minimum absolute atomic E-state index is 0. The van der Waals surface area contributed by atoms with Crippen LogP contribution < -0.4 is 0 Å². The van der Waals surface area contributed by atoms with Gasteiger partial charge in [0.1, 0.15) is 0 Å². The first-order valence-corrected chi connectivity index (χ1v) is 2.14. The van der Waals surface area contributed by atoms with Crippen molar-refractivity contribution in [1.29, 1.82) is 0 Å². The maximum absolute atomic E-state index is 4.75. The van der Waals surface area contributed by atoms with Crippen molar-refractivity contribution >= 4 is 18.9 Å². The quantitative estimate of drug-likeness (QED) is 0.287. The van der Waals surface area contributed by atoms with Crippen molar-refractivity contribution in [1.82, 2.24) is 0 Å². The summed E-state index contributed by atoms with van der Waals surface area (Å²) >= 11 is 0. The van der Waals surface area contributed by atoms with Crippen LogP contribution in [0.2, 0.25) is 0 Å². The van der Waals surface area contributed by atoms with Crippen LogP contribution in [0, 0.1) is 0 Å². The summed E-state index contributed by atoms with van der Waals surface area (Å²) in [6.45, 7) is 6.23. The van der Waals surface area contributed by atoms with E-state index in [1.54, 1.807) is 0 Å². The fraction of sp³-hybridized carbons (Fsp3) is 0.600. The normalized spacial score (nSPS) is 6.43. The van der Waals surface area contributed by atoms with Gasteiger partial charge < -0.3 is 4.74 Å². The third-order valence-corrected chi connectivity index (χ3v) is 0.440. The van der Waals surface area contributed by atoms with Crippen LogP contribution in [0.15, 0.2) is 12.8 Å². The zero-order chi connectivity index (χ0) is 4.83. The van der Waals surface area contributed by atoms with Gasteiger partial charge in [-0.05, 0) is 6.42 Å². The summed E-state index contributed by atoms with van der Waals surface area (Å²) < 4.78 is 4.75. The van der Waals surface area contributed by atoms with Crippen molar-refractivity contribution in [3.8, 4) is 0 Å². The van der Waals surface area contributed by atoms with Gasteiger partial charge in [0.15, 0.2) is 0 Å². The first-order chi connectivity index (χ1) is 2.91. The van der Waals surface area contributed by atoms with Crippen molar-refractivity contribution in [3.05, 3.63) is 12.8 Å². The van der Waals surface area contributed by atoms with E-state index in [0.717, 1.165) is 13.0 Å². The molecule has 0 bridgehead atoms. The second-order valence-corrected chi connectivity index (χ2v) is 1.04. The van der Waals surface area contributed by atoms with Crippen molar-refractivity contribution in [2.75, 3.05) is 6.61 Å². The Morgan fingerprint density at radius 2 is 2.29 bits per heavy atom. The van der Waals surface area contributed by atoms with E-state index >= 15 is 0 Å². The van der Waals surface area contributed by atoms with Crippen LogP contribution in [0.25, 0.3) is 0 Å². The zero-order valence-electron chi connectivity index (χ0n) is 4.11. The predicted octanol–water partition coefficient (Wildman–Crippen LogP) is 0.908. The molecular formula is C5H11LiO. The Kier molecular flexibility index (Phi) is 13.8. The Balaban J connectivity index is 0. The summed E-state index contributed by atoms with van der Waals surface area (Å²) in [7, 11) is 0. The third kappa shape index (κ3) is 10.7. The van der Waals surface area contributed by atoms with Crippen LogP contribution in [0.5, 0.6) is 0 Å². The molecule has 0 saturated carbocycles. The summed E-state index contributed by atoms with van der Waals surface area (Å²) in [5, 5.41) is 0. The molecule has 38 valence electrons. The molecule has 0 atom stereocenters. The van der Waals surface area contributed by atoms with E-state index in [1.807, 2.05) is 0 Å². The molecule has 0 aromatic carbocycles. The number of hydrogen-bond acceptors (Lipinski definition) is 1. The molecule has 1 nitrogen and oxygen atoms in total. The van der Waals surface area contributed by atoms with E-state index in [1.165, 1.54) is 6.26 Å². The Morgan fingerprint density at radius 3 is 2.43 bits per heavy atom. The Bertz CT molecular complexity index is 37.1. The van der Waals surface area contributed by atoms with Gasteiger partial charge in [0.2, 0.25) is 0 Å². The fourth-order valence-electron chi connectivity index (χ4n) is 0.201. The molecule has 2 heteroatoms. The van der Waals surface area contributed by atoms with Gasteiger partial charge in [-0.3, -0.25) is 0 Å². The molecule has 0 aliphatic rings. The van der Waals surface area contributed by atoms with Crippen LogP contribution in [-0.4, -0.2) is 25.5 Å². The van der Waals surface area contributed by atoms with Gasteiger partial charge in [0, 0.05) is 0 Å². The van der Waals surface area contributed by atoms with Crippen LogP contribution in [0.4, 0.5) is 0 Å².